The van der Waals surface area contributed by atoms with Crippen LogP contribution in [0.5, 0.6) is 5.75 Å². The maximum atomic E-state index is 12.5. The summed E-state index contributed by atoms with van der Waals surface area (Å²) in [6.45, 7) is 3.87. The Morgan fingerprint density at radius 2 is 1.97 bits per heavy atom. The molecule has 1 amide bonds. The number of carbonyl (C=O) groups excluding carboxylic acids is 1. The van der Waals surface area contributed by atoms with E-state index in [1.54, 1.807) is 6.20 Å². The van der Waals surface area contributed by atoms with Crippen LogP contribution in [0, 0.1) is 13.8 Å². The molecule has 2 heterocycles. The van der Waals surface area contributed by atoms with Crippen molar-refractivity contribution in [1.29, 1.82) is 0 Å². The molecule has 152 valence electrons. The summed E-state index contributed by atoms with van der Waals surface area (Å²) < 4.78 is 7.65. The molecule has 0 aliphatic heterocycles. The van der Waals surface area contributed by atoms with Crippen LogP contribution in [0.2, 0.25) is 0 Å². The molecule has 0 spiro atoms. The van der Waals surface area contributed by atoms with Crippen molar-refractivity contribution in [2.75, 3.05) is 11.9 Å². The Hall–Kier alpha value is -3.45. The fraction of sp³-hybridized carbons (Fsp3) is 0.174. The number of nitrogens with zero attached hydrogens (tertiary/aromatic N) is 3. The number of hydrogen-bond donors (Lipinski definition) is 1. The van der Waals surface area contributed by atoms with E-state index in [4.69, 9.17) is 4.74 Å². The van der Waals surface area contributed by atoms with Gasteiger partial charge < -0.3 is 9.30 Å². The van der Waals surface area contributed by atoms with Gasteiger partial charge in [0.25, 0.3) is 5.91 Å². The van der Waals surface area contributed by atoms with E-state index in [9.17, 15) is 4.79 Å². The first-order valence-corrected chi connectivity index (χ1v) is 10.4. The topological polar surface area (TPSA) is 69.0 Å². The third kappa shape index (κ3) is 4.26. The highest BCUT2D eigenvalue weighted by molar-refractivity contribution is 7.19. The van der Waals surface area contributed by atoms with Crippen molar-refractivity contribution in [2.45, 2.75) is 13.8 Å². The third-order valence-corrected chi connectivity index (χ3v) is 5.61. The second kappa shape index (κ2) is 8.51. The second-order valence-corrected chi connectivity index (χ2v) is 8.03. The predicted molar refractivity (Wildman–Crippen MR) is 120 cm³/mol. The SMILES string of the molecule is Cc1ccc(C)c(OCC(=O)Nc2nc(-c3ccccc3)c(-c3nccn3C)s2)c1. The second-order valence-electron chi connectivity index (χ2n) is 7.03. The normalized spacial score (nSPS) is 10.8. The molecular weight excluding hydrogens is 396 g/mol. The van der Waals surface area contributed by atoms with Gasteiger partial charge in [-0.2, -0.15) is 0 Å². The van der Waals surface area contributed by atoms with E-state index >= 15 is 0 Å². The number of hydrogen-bond acceptors (Lipinski definition) is 5. The number of thiazole rings is 1. The minimum atomic E-state index is -0.254. The average Bonchev–Trinajstić information content (AvgIpc) is 3.35. The van der Waals surface area contributed by atoms with Crippen LogP contribution < -0.4 is 10.1 Å². The number of aromatic nitrogens is 3. The van der Waals surface area contributed by atoms with E-state index in [2.05, 4.69) is 15.3 Å². The van der Waals surface area contributed by atoms with Gasteiger partial charge in [-0.25, -0.2) is 9.97 Å². The van der Waals surface area contributed by atoms with Crippen molar-refractivity contribution in [3.8, 4) is 27.7 Å². The zero-order chi connectivity index (χ0) is 21.1. The van der Waals surface area contributed by atoms with Crippen molar-refractivity contribution in [3.63, 3.8) is 0 Å². The Morgan fingerprint density at radius 1 is 1.17 bits per heavy atom. The highest BCUT2D eigenvalue weighted by Crippen LogP contribution is 2.38. The molecule has 2 aromatic heterocycles. The van der Waals surface area contributed by atoms with Crippen molar-refractivity contribution in [2.24, 2.45) is 7.05 Å². The molecule has 2 aromatic carbocycles. The van der Waals surface area contributed by atoms with Gasteiger partial charge in [0, 0.05) is 25.0 Å². The number of carbonyl (C=O) groups is 1. The van der Waals surface area contributed by atoms with Crippen LogP contribution >= 0.6 is 11.3 Å². The maximum Gasteiger partial charge on any atom is 0.264 e. The Morgan fingerprint density at radius 3 is 2.70 bits per heavy atom. The molecule has 1 N–H and O–H groups in total. The Labute approximate surface area is 179 Å². The molecule has 0 fully saturated rings. The lowest BCUT2D eigenvalue weighted by molar-refractivity contribution is -0.118. The van der Waals surface area contributed by atoms with Gasteiger partial charge in [-0.15, -0.1) is 0 Å². The highest BCUT2D eigenvalue weighted by Gasteiger charge is 2.19. The Bertz CT molecular complexity index is 1180. The number of rotatable bonds is 6. The molecule has 6 nitrogen and oxygen atoms in total. The molecule has 0 radical (unpaired) electrons. The number of anilines is 1. The van der Waals surface area contributed by atoms with Gasteiger partial charge in [-0.05, 0) is 31.0 Å². The van der Waals surface area contributed by atoms with Gasteiger partial charge in [0.15, 0.2) is 17.6 Å². The van der Waals surface area contributed by atoms with Crippen LogP contribution in [0.15, 0.2) is 60.9 Å². The van der Waals surface area contributed by atoms with E-state index in [1.807, 2.05) is 80.2 Å². The third-order valence-electron chi connectivity index (χ3n) is 4.65. The lowest BCUT2D eigenvalue weighted by Crippen LogP contribution is -2.20. The molecule has 0 saturated carbocycles. The summed E-state index contributed by atoms with van der Waals surface area (Å²) in [5.41, 5.74) is 3.84. The highest BCUT2D eigenvalue weighted by atomic mass is 32.1. The number of benzene rings is 2. The summed E-state index contributed by atoms with van der Waals surface area (Å²) in [5, 5.41) is 3.38. The molecule has 0 aliphatic carbocycles. The van der Waals surface area contributed by atoms with Crippen LogP contribution in [-0.4, -0.2) is 27.0 Å². The molecule has 0 saturated heterocycles. The lowest BCUT2D eigenvalue weighted by atomic mass is 10.1. The van der Waals surface area contributed by atoms with Crippen LogP contribution in [0.25, 0.3) is 22.0 Å². The van der Waals surface area contributed by atoms with E-state index in [0.29, 0.717) is 10.9 Å². The first-order chi connectivity index (χ1) is 14.5. The van der Waals surface area contributed by atoms with Crippen molar-refractivity contribution < 1.29 is 9.53 Å². The van der Waals surface area contributed by atoms with Gasteiger partial charge in [0.05, 0.1) is 10.6 Å². The van der Waals surface area contributed by atoms with Crippen molar-refractivity contribution >= 4 is 22.4 Å². The summed E-state index contributed by atoms with van der Waals surface area (Å²) in [6, 6.07) is 15.8. The first kappa shape index (κ1) is 19.8. The fourth-order valence-electron chi connectivity index (χ4n) is 3.06. The maximum absolute atomic E-state index is 12.5. The summed E-state index contributed by atoms with van der Waals surface area (Å²) in [4.78, 5) is 22.5. The number of ether oxygens (including phenoxy) is 1. The van der Waals surface area contributed by atoms with E-state index in [0.717, 1.165) is 33.1 Å². The molecule has 0 bridgehead atoms. The molecule has 0 unspecified atom stereocenters. The first-order valence-electron chi connectivity index (χ1n) is 9.55. The van der Waals surface area contributed by atoms with Gasteiger partial charge in [-0.3, -0.25) is 10.1 Å². The molecule has 7 heteroatoms. The Kier molecular flexibility index (Phi) is 5.63. The predicted octanol–water partition coefficient (Wildman–Crippen LogP) is 4.84. The molecule has 4 aromatic rings. The molecular formula is C23H22N4O2S. The van der Waals surface area contributed by atoms with E-state index < -0.39 is 0 Å². The van der Waals surface area contributed by atoms with Gasteiger partial charge in [0.1, 0.15) is 5.75 Å². The smallest absolute Gasteiger partial charge is 0.264 e. The zero-order valence-electron chi connectivity index (χ0n) is 17.0. The van der Waals surface area contributed by atoms with Crippen LogP contribution in [0.1, 0.15) is 11.1 Å². The quantitative estimate of drug-likeness (QED) is 0.486. The molecule has 0 atom stereocenters. The number of imidazole rings is 1. The van der Waals surface area contributed by atoms with Gasteiger partial charge in [-0.1, -0.05) is 53.8 Å². The number of amides is 1. The molecule has 4 rings (SSSR count). The largest absolute Gasteiger partial charge is 0.483 e. The standard InChI is InChI=1S/C23H22N4O2S/c1-15-9-10-16(2)18(13-15)29-14-19(28)25-23-26-20(17-7-5-4-6-8-17)21(30-23)22-24-11-12-27(22)3/h4-13H,14H2,1-3H3,(H,25,26,28). The minimum absolute atomic E-state index is 0.0811. The van der Waals surface area contributed by atoms with Gasteiger partial charge >= 0.3 is 0 Å². The Balaban J connectivity index is 1.56. The molecule has 30 heavy (non-hydrogen) atoms. The fourth-order valence-corrected chi connectivity index (χ4v) is 4.11. The van der Waals surface area contributed by atoms with Crippen LogP contribution in [-0.2, 0) is 11.8 Å². The van der Waals surface area contributed by atoms with Crippen LogP contribution in [0.4, 0.5) is 5.13 Å². The molecule has 0 aliphatic rings. The number of nitrogens with one attached hydrogen (secondary N) is 1. The zero-order valence-corrected chi connectivity index (χ0v) is 17.9. The number of aryl methyl sites for hydroxylation is 3. The summed E-state index contributed by atoms with van der Waals surface area (Å²) in [5.74, 6) is 1.26. The van der Waals surface area contributed by atoms with E-state index in [-0.39, 0.29) is 12.5 Å². The van der Waals surface area contributed by atoms with Gasteiger partial charge in [0.2, 0.25) is 0 Å². The summed E-state index contributed by atoms with van der Waals surface area (Å²) in [7, 11) is 1.94. The lowest BCUT2D eigenvalue weighted by Gasteiger charge is -2.09. The summed E-state index contributed by atoms with van der Waals surface area (Å²) in [6.07, 6.45) is 3.64. The summed E-state index contributed by atoms with van der Waals surface area (Å²) >= 11 is 1.40. The van der Waals surface area contributed by atoms with Crippen molar-refractivity contribution in [1.82, 2.24) is 14.5 Å². The van der Waals surface area contributed by atoms with Crippen molar-refractivity contribution in [3.05, 3.63) is 72.1 Å². The van der Waals surface area contributed by atoms with Crippen LogP contribution in [0.3, 0.4) is 0 Å². The monoisotopic (exact) mass is 418 g/mol. The van der Waals surface area contributed by atoms with E-state index in [1.165, 1.54) is 11.3 Å². The minimum Gasteiger partial charge on any atom is -0.483 e. The average molecular weight is 419 g/mol.